The average Bonchev–Trinajstić information content (AvgIpc) is 3.12. The smallest absolute Gasteiger partial charge is 0.269 e. The van der Waals surface area contributed by atoms with Gasteiger partial charge in [0.2, 0.25) is 0 Å². The molecule has 0 radical (unpaired) electrons. The van der Waals surface area contributed by atoms with Crippen LogP contribution in [0, 0.1) is 10.1 Å². The third kappa shape index (κ3) is 6.99. The zero-order chi connectivity index (χ0) is 17.4. The fraction of sp³-hybridized carbons (Fsp3) is 0.353. The minimum absolute atomic E-state index is 0. The lowest BCUT2D eigenvalue weighted by atomic mass is 10.1. The van der Waals surface area contributed by atoms with Crippen molar-refractivity contribution < 1.29 is 4.92 Å². The maximum Gasteiger partial charge on any atom is 0.269 e. The molecule has 0 aliphatic heterocycles. The topological polar surface area (TPSA) is 79.6 Å². The number of hydrogen-bond donors (Lipinski definition) is 2. The van der Waals surface area contributed by atoms with Crippen molar-refractivity contribution in [3.05, 3.63) is 62.3 Å². The van der Waals surface area contributed by atoms with Crippen molar-refractivity contribution in [3.8, 4) is 0 Å². The highest BCUT2D eigenvalue weighted by Gasteiger charge is 2.08. The maximum absolute atomic E-state index is 10.8. The second-order valence-electron chi connectivity index (χ2n) is 5.46. The van der Waals surface area contributed by atoms with E-state index in [1.54, 1.807) is 23.5 Å². The highest BCUT2D eigenvalue weighted by molar-refractivity contribution is 14.0. The van der Waals surface area contributed by atoms with Crippen LogP contribution in [0.5, 0.6) is 0 Å². The van der Waals surface area contributed by atoms with Crippen molar-refractivity contribution in [1.29, 1.82) is 0 Å². The van der Waals surface area contributed by atoms with Crippen LogP contribution in [0.3, 0.4) is 0 Å². The Labute approximate surface area is 168 Å². The first-order valence-electron chi connectivity index (χ1n) is 7.87. The standard InChI is InChI=1S/C17H22N4O2S.HI/c1-3-18-17(19-10-13(2)15-7-8-24-12-15)20-11-14-5-4-6-16(9-14)21(22)23;/h4-9,12-13H,3,10-11H2,1-2H3,(H2,18,19,20);1H. The van der Waals surface area contributed by atoms with Crippen molar-refractivity contribution in [2.45, 2.75) is 26.3 Å². The van der Waals surface area contributed by atoms with Gasteiger partial charge in [0.15, 0.2) is 5.96 Å². The largest absolute Gasteiger partial charge is 0.357 e. The Morgan fingerprint density at radius 3 is 2.80 bits per heavy atom. The molecule has 25 heavy (non-hydrogen) atoms. The molecule has 1 aromatic heterocycles. The molecule has 2 rings (SSSR count). The van der Waals surface area contributed by atoms with Crippen LogP contribution >= 0.6 is 35.3 Å². The summed E-state index contributed by atoms with van der Waals surface area (Å²) >= 11 is 1.69. The van der Waals surface area contributed by atoms with Gasteiger partial charge in [-0.05, 0) is 40.8 Å². The molecule has 136 valence electrons. The number of nitro groups is 1. The second kappa shape index (κ2) is 11.0. The Morgan fingerprint density at radius 2 is 2.16 bits per heavy atom. The Kier molecular flexibility index (Phi) is 9.43. The average molecular weight is 474 g/mol. The summed E-state index contributed by atoms with van der Waals surface area (Å²) in [6.45, 7) is 6.10. The van der Waals surface area contributed by atoms with Gasteiger partial charge in [-0.15, -0.1) is 24.0 Å². The molecule has 0 fully saturated rings. The molecule has 0 spiro atoms. The molecule has 0 aliphatic carbocycles. The van der Waals surface area contributed by atoms with Crippen LogP contribution in [-0.2, 0) is 6.54 Å². The van der Waals surface area contributed by atoms with E-state index >= 15 is 0 Å². The number of guanidine groups is 1. The van der Waals surface area contributed by atoms with E-state index in [1.165, 1.54) is 11.6 Å². The molecule has 8 heteroatoms. The van der Waals surface area contributed by atoms with E-state index < -0.39 is 0 Å². The maximum atomic E-state index is 10.8. The molecule has 1 unspecified atom stereocenters. The summed E-state index contributed by atoms with van der Waals surface area (Å²) in [7, 11) is 0. The Bertz CT molecular complexity index is 692. The van der Waals surface area contributed by atoms with Gasteiger partial charge in [0.05, 0.1) is 11.5 Å². The minimum Gasteiger partial charge on any atom is -0.357 e. The summed E-state index contributed by atoms with van der Waals surface area (Å²) in [6.07, 6.45) is 0. The number of hydrogen-bond acceptors (Lipinski definition) is 4. The molecule has 0 amide bonds. The van der Waals surface area contributed by atoms with Crippen LogP contribution in [0.1, 0.15) is 30.9 Å². The molecular formula is C17H23IN4O2S. The van der Waals surface area contributed by atoms with E-state index in [-0.39, 0.29) is 34.6 Å². The first kappa shape index (κ1) is 21.4. The number of halogens is 1. The van der Waals surface area contributed by atoms with Gasteiger partial charge < -0.3 is 10.6 Å². The molecular weight excluding hydrogens is 451 g/mol. The normalized spacial score (nSPS) is 12.2. The van der Waals surface area contributed by atoms with Crippen LogP contribution in [0.2, 0.25) is 0 Å². The predicted molar refractivity (Wildman–Crippen MR) is 114 cm³/mol. The SMILES string of the molecule is CCNC(=NCc1cccc([N+](=O)[O-])c1)NCC(C)c1ccsc1.I. The van der Waals surface area contributed by atoms with E-state index in [0.717, 1.165) is 18.7 Å². The number of thiophene rings is 1. The zero-order valence-corrected chi connectivity index (χ0v) is 17.4. The van der Waals surface area contributed by atoms with E-state index in [4.69, 9.17) is 0 Å². The first-order chi connectivity index (χ1) is 11.6. The van der Waals surface area contributed by atoms with Crippen molar-refractivity contribution >= 4 is 47.0 Å². The molecule has 2 N–H and O–H groups in total. The summed E-state index contributed by atoms with van der Waals surface area (Å²) in [6, 6.07) is 8.69. The monoisotopic (exact) mass is 474 g/mol. The van der Waals surface area contributed by atoms with Crippen LogP contribution < -0.4 is 10.6 Å². The van der Waals surface area contributed by atoms with Gasteiger partial charge in [0, 0.05) is 25.2 Å². The third-order valence-electron chi connectivity index (χ3n) is 3.57. The summed E-state index contributed by atoms with van der Waals surface area (Å²) in [5, 5.41) is 21.6. The molecule has 1 heterocycles. The lowest BCUT2D eigenvalue weighted by Crippen LogP contribution is -2.39. The number of aliphatic imine (C=N–C) groups is 1. The van der Waals surface area contributed by atoms with Crippen molar-refractivity contribution in [1.82, 2.24) is 10.6 Å². The van der Waals surface area contributed by atoms with Crippen molar-refractivity contribution in [2.75, 3.05) is 13.1 Å². The van der Waals surface area contributed by atoms with E-state index in [9.17, 15) is 10.1 Å². The molecule has 6 nitrogen and oxygen atoms in total. The van der Waals surface area contributed by atoms with Gasteiger partial charge in [0.25, 0.3) is 5.69 Å². The second-order valence-corrected chi connectivity index (χ2v) is 6.24. The van der Waals surface area contributed by atoms with Gasteiger partial charge in [-0.1, -0.05) is 19.1 Å². The lowest BCUT2D eigenvalue weighted by Gasteiger charge is -2.15. The Hall–Kier alpha value is -1.68. The van der Waals surface area contributed by atoms with Crippen LogP contribution in [-0.4, -0.2) is 24.0 Å². The number of nitrogens with zero attached hydrogens (tertiary/aromatic N) is 2. The highest BCUT2D eigenvalue weighted by Crippen LogP contribution is 2.17. The summed E-state index contributed by atoms with van der Waals surface area (Å²) in [5.74, 6) is 1.10. The third-order valence-corrected chi connectivity index (χ3v) is 4.27. The van der Waals surface area contributed by atoms with Crippen molar-refractivity contribution in [3.63, 3.8) is 0 Å². The van der Waals surface area contributed by atoms with Gasteiger partial charge in [0.1, 0.15) is 0 Å². The van der Waals surface area contributed by atoms with Gasteiger partial charge in [-0.3, -0.25) is 10.1 Å². The number of nitro benzene ring substituents is 1. The van der Waals surface area contributed by atoms with Crippen LogP contribution in [0.15, 0.2) is 46.1 Å². The fourth-order valence-electron chi connectivity index (χ4n) is 2.20. The Balaban J connectivity index is 0.00000312. The highest BCUT2D eigenvalue weighted by atomic mass is 127. The van der Waals surface area contributed by atoms with Crippen LogP contribution in [0.4, 0.5) is 5.69 Å². The van der Waals surface area contributed by atoms with Crippen molar-refractivity contribution in [2.24, 2.45) is 4.99 Å². The molecule has 1 aromatic carbocycles. The fourth-order valence-corrected chi connectivity index (χ4v) is 2.99. The first-order valence-corrected chi connectivity index (χ1v) is 8.82. The van der Waals surface area contributed by atoms with Gasteiger partial charge >= 0.3 is 0 Å². The van der Waals surface area contributed by atoms with E-state index in [0.29, 0.717) is 18.4 Å². The number of rotatable bonds is 7. The quantitative estimate of drug-likeness (QED) is 0.208. The molecule has 0 saturated carbocycles. The van der Waals surface area contributed by atoms with Crippen LogP contribution in [0.25, 0.3) is 0 Å². The minimum atomic E-state index is -0.390. The predicted octanol–water partition coefficient (Wildman–Crippen LogP) is 4.13. The molecule has 0 saturated heterocycles. The lowest BCUT2D eigenvalue weighted by molar-refractivity contribution is -0.384. The van der Waals surface area contributed by atoms with E-state index in [1.807, 2.05) is 13.0 Å². The zero-order valence-electron chi connectivity index (χ0n) is 14.3. The molecule has 1 atom stereocenters. The number of non-ortho nitro benzene ring substituents is 1. The molecule has 0 aliphatic rings. The summed E-state index contributed by atoms with van der Waals surface area (Å²) in [4.78, 5) is 15.0. The summed E-state index contributed by atoms with van der Waals surface area (Å²) in [5.41, 5.74) is 2.21. The van der Waals surface area contributed by atoms with E-state index in [2.05, 4.69) is 39.4 Å². The summed E-state index contributed by atoms with van der Waals surface area (Å²) < 4.78 is 0. The number of nitrogens with one attached hydrogen (secondary N) is 2. The number of benzene rings is 1. The molecule has 0 bridgehead atoms. The molecule has 2 aromatic rings. The van der Waals surface area contributed by atoms with Gasteiger partial charge in [-0.25, -0.2) is 4.99 Å². The van der Waals surface area contributed by atoms with Gasteiger partial charge in [-0.2, -0.15) is 11.3 Å². The Morgan fingerprint density at radius 1 is 1.36 bits per heavy atom.